The molecule has 0 saturated heterocycles. The minimum Gasteiger partial charge on any atom is -0.407 e. The molecule has 0 radical (unpaired) electrons. The number of hydrogen-bond donors (Lipinski definition) is 1. The quantitative estimate of drug-likeness (QED) is 0.510. The van der Waals surface area contributed by atoms with Gasteiger partial charge in [-0.3, -0.25) is 19.5 Å². The Bertz CT molecular complexity index is 1110. The van der Waals surface area contributed by atoms with Gasteiger partial charge in [0, 0.05) is 16.1 Å². The maximum absolute atomic E-state index is 12.4. The number of carbonyl (C=O) groups is 1. The van der Waals surface area contributed by atoms with Gasteiger partial charge in [0.1, 0.15) is 6.54 Å². The van der Waals surface area contributed by atoms with Crippen LogP contribution in [0.3, 0.4) is 0 Å². The number of non-ortho nitro benzene ring substituents is 1. The van der Waals surface area contributed by atoms with Crippen molar-refractivity contribution >= 4 is 45.9 Å². The molecule has 1 heterocycles. The Labute approximate surface area is 162 Å². The Morgan fingerprint density at radius 1 is 1.30 bits per heavy atom. The number of nitrogens with one attached hydrogen (secondary N) is 1. The third kappa shape index (κ3) is 3.96. The Kier molecular flexibility index (Phi) is 5.20. The van der Waals surface area contributed by atoms with Gasteiger partial charge in [-0.2, -0.15) is 0 Å². The summed E-state index contributed by atoms with van der Waals surface area (Å²) in [5.74, 6) is -1.23. The highest BCUT2D eigenvalue weighted by Gasteiger charge is 2.18. The first-order valence-corrected chi connectivity index (χ1v) is 8.54. The molecule has 3 aromatic rings. The van der Waals surface area contributed by atoms with Crippen molar-refractivity contribution in [3.05, 3.63) is 72.7 Å². The number of hydrogen-bond acceptors (Lipinski definition) is 5. The van der Waals surface area contributed by atoms with E-state index in [-0.39, 0.29) is 23.3 Å². The average Bonchev–Trinajstić information content (AvgIpc) is 2.89. The first kappa shape index (κ1) is 18.9. The second kappa shape index (κ2) is 7.42. The standard InChI is InChI=1S/C17H13Cl2N3O5/c1-9(12-4-2-10(18)6-13(12)19)20-16(23)8-21-14-5-3-11(22(25)26)7-15(14)27-17(21)24/h2-7,9H,8H2,1H3,(H,20,23). The molecule has 0 bridgehead atoms. The normalized spacial score (nSPS) is 12.1. The molecule has 1 aromatic heterocycles. The highest BCUT2D eigenvalue weighted by molar-refractivity contribution is 6.35. The summed E-state index contributed by atoms with van der Waals surface area (Å²) >= 11 is 12.0. The van der Waals surface area contributed by atoms with E-state index in [0.29, 0.717) is 15.6 Å². The van der Waals surface area contributed by atoms with Crippen LogP contribution in [0.2, 0.25) is 10.0 Å². The van der Waals surface area contributed by atoms with Crippen molar-refractivity contribution < 1.29 is 14.1 Å². The van der Waals surface area contributed by atoms with Gasteiger partial charge in [0.05, 0.1) is 22.5 Å². The van der Waals surface area contributed by atoms with Crippen LogP contribution in [0.25, 0.3) is 11.1 Å². The molecule has 27 heavy (non-hydrogen) atoms. The maximum Gasteiger partial charge on any atom is 0.420 e. The van der Waals surface area contributed by atoms with Crippen LogP contribution in [0.15, 0.2) is 45.6 Å². The fourth-order valence-electron chi connectivity index (χ4n) is 2.68. The van der Waals surface area contributed by atoms with E-state index in [4.69, 9.17) is 27.6 Å². The van der Waals surface area contributed by atoms with Crippen molar-refractivity contribution in [1.82, 2.24) is 9.88 Å². The number of oxazole rings is 1. The molecule has 2 aromatic carbocycles. The molecular weight excluding hydrogens is 397 g/mol. The SMILES string of the molecule is CC(NC(=O)Cn1c(=O)oc2cc([N+](=O)[O-])ccc21)c1ccc(Cl)cc1Cl. The molecule has 0 fully saturated rings. The van der Waals surface area contributed by atoms with Crippen molar-refractivity contribution in [1.29, 1.82) is 0 Å². The van der Waals surface area contributed by atoms with Crippen molar-refractivity contribution in [2.75, 3.05) is 0 Å². The van der Waals surface area contributed by atoms with Crippen LogP contribution in [-0.2, 0) is 11.3 Å². The monoisotopic (exact) mass is 409 g/mol. The van der Waals surface area contributed by atoms with Crippen LogP contribution < -0.4 is 11.1 Å². The first-order chi connectivity index (χ1) is 12.8. The lowest BCUT2D eigenvalue weighted by Crippen LogP contribution is -2.32. The molecule has 1 unspecified atom stereocenters. The summed E-state index contributed by atoms with van der Waals surface area (Å²) < 4.78 is 6.10. The predicted molar refractivity (Wildman–Crippen MR) is 100 cm³/mol. The van der Waals surface area contributed by atoms with Crippen LogP contribution in [-0.4, -0.2) is 15.4 Å². The number of fused-ring (bicyclic) bond motifs is 1. The van der Waals surface area contributed by atoms with E-state index in [1.54, 1.807) is 25.1 Å². The number of carbonyl (C=O) groups excluding carboxylic acids is 1. The number of nitro groups is 1. The van der Waals surface area contributed by atoms with Gasteiger partial charge in [0.2, 0.25) is 5.91 Å². The zero-order chi connectivity index (χ0) is 19.7. The van der Waals surface area contributed by atoms with E-state index < -0.39 is 22.6 Å². The van der Waals surface area contributed by atoms with E-state index in [0.717, 1.165) is 10.6 Å². The fourth-order valence-corrected chi connectivity index (χ4v) is 3.25. The lowest BCUT2D eigenvalue weighted by Gasteiger charge is -2.16. The fraction of sp³-hybridized carbons (Fsp3) is 0.176. The zero-order valence-corrected chi connectivity index (χ0v) is 15.5. The second-order valence-electron chi connectivity index (χ2n) is 5.82. The minimum absolute atomic E-state index is 0.0378. The first-order valence-electron chi connectivity index (χ1n) is 7.78. The lowest BCUT2D eigenvalue weighted by molar-refractivity contribution is -0.384. The highest BCUT2D eigenvalue weighted by atomic mass is 35.5. The largest absolute Gasteiger partial charge is 0.420 e. The smallest absolute Gasteiger partial charge is 0.407 e. The van der Waals surface area contributed by atoms with Gasteiger partial charge >= 0.3 is 5.76 Å². The Balaban J connectivity index is 1.80. The Morgan fingerprint density at radius 3 is 2.70 bits per heavy atom. The number of benzene rings is 2. The number of rotatable bonds is 5. The summed E-state index contributed by atoms with van der Waals surface area (Å²) in [4.78, 5) is 34.6. The number of amides is 1. The van der Waals surface area contributed by atoms with E-state index in [9.17, 15) is 19.7 Å². The summed E-state index contributed by atoms with van der Waals surface area (Å²) in [6.07, 6.45) is 0. The Hall–Kier alpha value is -2.84. The van der Waals surface area contributed by atoms with Gasteiger partial charge in [-0.05, 0) is 30.7 Å². The van der Waals surface area contributed by atoms with Gasteiger partial charge in [0.15, 0.2) is 5.58 Å². The molecule has 1 amide bonds. The topological polar surface area (TPSA) is 107 Å². The second-order valence-corrected chi connectivity index (χ2v) is 6.66. The third-order valence-corrected chi connectivity index (χ3v) is 4.53. The van der Waals surface area contributed by atoms with E-state index >= 15 is 0 Å². The molecule has 0 spiro atoms. The van der Waals surface area contributed by atoms with E-state index in [2.05, 4.69) is 5.32 Å². The molecule has 1 N–H and O–H groups in total. The van der Waals surface area contributed by atoms with E-state index in [1.807, 2.05) is 0 Å². The molecule has 1 atom stereocenters. The molecule has 8 nitrogen and oxygen atoms in total. The molecule has 10 heteroatoms. The van der Waals surface area contributed by atoms with Crippen molar-refractivity contribution in [2.24, 2.45) is 0 Å². The van der Waals surface area contributed by atoms with Gasteiger partial charge in [-0.25, -0.2) is 4.79 Å². The summed E-state index contributed by atoms with van der Waals surface area (Å²) in [5, 5.41) is 14.4. The van der Waals surface area contributed by atoms with Gasteiger partial charge < -0.3 is 9.73 Å². The molecule has 0 aliphatic carbocycles. The Morgan fingerprint density at radius 2 is 2.04 bits per heavy atom. The van der Waals surface area contributed by atoms with Gasteiger partial charge in [-0.15, -0.1) is 0 Å². The third-order valence-electron chi connectivity index (χ3n) is 3.97. The van der Waals surface area contributed by atoms with Gasteiger partial charge in [-0.1, -0.05) is 29.3 Å². The highest BCUT2D eigenvalue weighted by Crippen LogP contribution is 2.26. The number of nitrogens with zero attached hydrogens (tertiary/aromatic N) is 2. The van der Waals surface area contributed by atoms with Crippen LogP contribution >= 0.6 is 23.2 Å². The molecule has 0 aliphatic rings. The number of halogens is 2. The maximum atomic E-state index is 12.4. The molecular formula is C17H13Cl2N3O5. The van der Waals surface area contributed by atoms with Crippen LogP contribution in [0, 0.1) is 10.1 Å². The molecule has 0 saturated carbocycles. The number of nitro benzene ring substituents is 1. The number of aromatic nitrogens is 1. The van der Waals surface area contributed by atoms with Crippen molar-refractivity contribution in [3.63, 3.8) is 0 Å². The molecule has 140 valence electrons. The average molecular weight is 410 g/mol. The van der Waals surface area contributed by atoms with Crippen molar-refractivity contribution in [2.45, 2.75) is 19.5 Å². The summed E-state index contributed by atoms with van der Waals surface area (Å²) in [7, 11) is 0. The zero-order valence-electron chi connectivity index (χ0n) is 13.9. The van der Waals surface area contributed by atoms with Crippen LogP contribution in [0.5, 0.6) is 0 Å². The predicted octanol–water partition coefficient (Wildman–Crippen LogP) is 3.69. The summed E-state index contributed by atoms with van der Waals surface area (Å²) in [6.45, 7) is 1.44. The van der Waals surface area contributed by atoms with E-state index in [1.165, 1.54) is 12.1 Å². The molecule has 0 aliphatic heterocycles. The van der Waals surface area contributed by atoms with Gasteiger partial charge in [0.25, 0.3) is 5.69 Å². The van der Waals surface area contributed by atoms with Crippen LogP contribution in [0.4, 0.5) is 5.69 Å². The summed E-state index contributed by atoms with van der Waals surface area (Å²) in [6, 6.07) is 8.26. The van der Waals surface area contributed by atoms with Crippen LogP contribution in [0.1, 0.15) is 18.5 Å². The minimum atomic E-state index is -0.780. The van der Waals surface area contributed by atoms with Crippen molar-refractivity contribution in [3.8, 4) is 0 Å². The molecule has 3 rings (SSSR count). The summed E-state index contributed by atoms with van der Waals surface area (Å²) in [5.41, 5.74) is 0.794. The lowest BCUT2D eigenvalue weighted by atomic mass is 10.1.